The maximum absolute atomic E-state index is 12.2. The van der Waals surface area contributed by atoms with Crippen LogP contribution in [0.5, 0.6) is 0 Å². The van der Waals surface area contributed by atoms with Gasteiger partial charge in [-0.2, -0.15) is 0 Å². The van der Waals surface area contributed by atoms with Crippen LogP contribution in [0.3, 0.4) is 0 Å². The normalized spacial score (nSPS) is 21.8. The van der Waals surface area contributed by atoms with Crippen LogP contribution in [0, 0.1) is 5.92 Å². The van der Waals surface area contributed by atoms with Crippen LogP contribution in [0.1, 0.15) is 44.2 Å². The lowest BCUT2D eigenvalue weighted by Gasteiger charge is -2.19. The maximum Gasteiger partial charge on any atom is 0.335 e. The van der Waals surface area contributed by atoms with Crippen LogP contribution in [0.4, 0.5) is 0 Å². The van der Waals surface area contributed by atoms with E-state index in [0.717, 1.165) is 37.9 Å². The molecule has 2 aliphatic rings. The second-order valence-corrected chi connectivity index (χ2v) is 7.01. The molecule has 1 aliphatic carbocycles. The highest BCUT2D eigenvalue weighted by Gasteiger charge is 2.33. The molecule has 2 fully saturated rings. The molecule has 0 spiro atoms. The first-order valence-electron chi connectivity index (χ1n) is 9.37. The van der Waals surface area contributed by atoms with E-state index in [2.05, 4.69) is 5.32 Å². The Kier molecular flexibility index (Phi) is 6.63. The van der Waals surface area contributed by atoms with E-state index in [1.54, 1.807) is 6.92 Å². The van der Waals surface area contributed by atoms with Crippen LogP contribution in [-0.2, 0) is 23.8 Å². The van der Waals surface area contributed by atoms with Crippen molar-refractivity contribution in [2.45, 2.75) is 50.9 Å². The Labute approximate surface area is 154 Å². The first-order chi connectivity index (χ1) is 12.6. The number of carbonyl (C=O) groups is 2. The van der Waals surface area contributed by atoms with Crippen molar-refractivity contribution in [3.8, 4) is 0 Å². The zero-order chi connectivity index (χ0) is 18.4. The minimum absolute atomic E-state index is 0.0180. The fraction of sp³-hybridized carbons (Fsp3) is 0.600. The number of hydrogen-bond donors (Lipinski definition) is 1. The van der Waals surface area contributed by atoms with Gasteiger partial charge in [-0.1, -0.05) is 30.3 Å². The lowest BCUT2D eigenvalue weighted by atomic mass is 10.0. The van der Waals surface area contributed by atoms with Gasteiger partial charge in [-0.05, 0) is 44.1 Å². The van der Waals surface area contributed by atoms with E-state index in [0.29, 0.717) is 12.5 Å². The van der Waals surface area contributed by atoms with E-state index in [-0.39, 0.29) is 24.7 Å². The topological polar surface area (TPSA) is 73.9 Å². The zero-order valence-electron chi connectivity index (χ0n) is 15.2. The van der Waals surface area contributed by atoms with Gasteiger partial charge >= 0.3 is 5.97 Å². The van der Waals surface area contributed by atoms with Crippen LogP contribution >= 0.6 is 0 Å². The van der Waals surface area contributed by atoms with Crippen molar-refractivity contribution in [1.29, 1.82) is 0 Å². The number of ether oxygens (including phenoxy) is 3. The molecule has 3 rings (SSSR count). The van der Waals surface area contributed by atoms with Gasteiger partial charge in [-0.3, -0.25) is 4.79 Å². The summed E-state index contributed by atoms with van der Waals surface area (Å²) in [4.78, 5) is 24.2. The van der Waals surface area contributed by atoms with E-state index in [1.165, 1.54) is 0 Å². The highest BCUT2D eigenvalue weighted by atomic mass is 16.6. The van der Waals surface area contributed by atoms with Crippen LogP contribution < -0.4 is 5.32 Å². The Balaban J connectivity index is 1.40. The van der Waals surface area contributed by atoms with Crippen LogP contribution in [0.15, 0.2) is 30.3 Å². The summed E-state index contributed by atoms with van der Waals surface area (Å²) in [5, 5.41) is 2.99. The van der Waals surface area contributed by atoms with Gasteiger partial charge in [0.25, 0.3) is 5.91 Å². The number of rotatable bonds is 9. The maximum atomic E-state index is 12.2. The molecule has 0 radical (unpaired) electrons. The second-order valence-electron chi connectivity index (χ2n) is 7.01. The van der Waals surface area contributed by atoms with Crippen LogP contribution in [0.25, 0.3) is 0 Å². The molecule has 1 aliphatic heterocycles. The van der Waals surface area contributed by atoms with Crippen molar-refractivity contribution < 1.29 is 23.8 Å². The molecule has 3 unspecified atom stereocenters. The number of esters is 1. The van der Waals surface area contributed by atoms with E-state index in [1.807, 2.05) is 30.3 Å². The summed E-state index contributed by atoms with van der Waals surface area (Å²) >= 11 is 0. The summed E-state index contributed by atoms with van der Waals surface area (Å²) in [6.07, 6.45) is 3.53. The third kappa shape index (κ3) is 5.54. The van der Waals surface area contributed by atoms with E-state index in [4.69, 9.17) is 14.2 Å². The van der Waals surface area contributed by atoms with Crippen molar-refractivity contribution in [3.05, 3.63) is 35.9 Å². The molecule has 142 valence electrons. The molecule has 26 heavy (non-hydrogen) atoms. The van der Waals surface area contributed by atoms with Gasteiger partial charge in [-0.25, -0.2) is 4.79 Å². The van der Waals surface area contributed by atoms with E-state index >= 15 is 0 Å². The standard InChI is InChI=1S/C20H27NO5/c1-14(25-12-17-8-5-11-24-17)20(23)26-13-18(22)21-19(16-9-10-16)15-6-3-2-4-7-15/h2-4,6-7,14,16-17,19H,5,8-13H2,1H3,(H,21,22). The van der Waals surface area contributed by atoms with Crippen LogP contribution in [0.2, 0.25) is 0 Å². The summed E-state index contributed by atoms with van der Waals surface area (Å²) in [5.41, 5.74) is 1.09. The van der Waals surface area contributed by atoms with Gasteiger partial charge < -0.3 is 19.5 Å². The van der Waals surface area contributed by atoms with Crippen LogP contribution in [-0.4, -0.2) is 43.9 Å². The molecule has 3 atom stereocenters. The molecule has 1 heterocycles. The monoisotopic (exact) mass is 361 g/mol. The zero-order valence-corrected chi connectivity index (χ0v) is 15.2. The summed E-state index contributed by atoms with van der Waals surface area (Å²) in [6.45, 7) is 2.46. The number of benzene rings is 1. The first-order valence-corrected chi connectivity index (χ1v) is 9.37. The summed E-state index contributed by atoms with van der Waals surface area (Å²) < 4.78 is 16.0. The first kappa shape index (κ1) is 18.9. The Morgan fingerprint density at radius 2 is 2.00 bits per heavy atom. The molecule has 6 nitrogen and oxygen atoms in total. The number of nitrogens with one attached hydrogen (secondary N) is 1. The Morgan fingerprint density at radius 1 is 1.23 bits per heavy atom. The van der Waals surface area contributed by atoms with Gasteiger partial charge in [0.2, 0.25) is 0 Å². The van der Waals surface area contributed by atoms with Gasteiger partial charge in [0.1, 0.15) is 0 Å². The number of hydrogen-bond acceptors (Lipinski definition) is 5. The average molecular weight is 361 g/mol. The molecule has 0 aromatic heterocycles. The second kappa shape index (κ2) is 9.14. The third-order valence-corrected chi connectivity index (χ3v) is 4.80. The number of amides is 1. The largest absolute Gasteiger partial charge is 0.454 e. The Hall–Kier alpha value is -1.92. The fourth-order valence-corrected chi connectivity index (χ4v) is 3.13. The lowest BCUT2D eigenvalue weighted by Crippen LogP contribution is -2.35. The van der Waals surface area contributed by atoms with Crippen molar-refractivity contribution in [2.75, 3.05) is 19.8 Å². The molecular weight excluding hydrogens is 334 g/mol. The summed E-state index contributed by atoms with van der Waals surface area (Å²) in [6, 6.07) is 9.88. The average Bonchev–Trinajstić information content (AvgIpc) is 3.37. The van der Waals surface area contributed by atoms with Crippen molar-refractivity contribution in [2.24, 2.45) is 5.92 Å². The van der Waals surface area contributed by atoms with Gasteiger partial charge in [0.15, 0.2) is 12.7 Å². The molecule has 1 amide bonds. The smallest absolute Gasteiger partial charge is 0.335 e. The molecule has 1 aromatic carbocycles. The quantitative estimate of drug-likeness (QED) is 0.684. The number of carbonyl (C=O) groups excluding carboxylic acids is 2. The van der Waals surface area contributed by atoms with Crippen molar-refractivity contribution in [3.63, 3.8) is 0 Å². The molecule has 1 aromatic rings. The lowest BCUT2D eigenvalue weighted by molar-refractivity contribution is -0.160. The van der Waals surface area contributed by atoms with Gasteiger partial charge in [-0.15, -0.1) is 0 Å². The SMILES string of the molecule is CC(OCC1CCCO1)C(=O)OCC(=O)NC(c1ccccc1)C1CC1. The summed E-state index contributed by atoms with van der Waals surface area (Å²) in [7, 11) is 0. The summed E-state index contributed by atoms with van der Waals surface area (Å²) in [5.74, 6) is -0.350. The Morgan fingerprint density at radius 3 is 2.65 bits per heavy atom. The minimum Gasteiger partial charge on any atom is -0.454 e. The molecule has 0 bridgehead atoms. The van der Waals surface area contributed by atoms with E-state index in [9.17, 15) is 9.59 Å². The predicted molar refractivity (Wildman–Crippen MR) is 95.4 cm³/mol. The minimum atomic E-state index is -0.708. The third-order valence-electron chi connectivity index (χ3n) is 4.80. The van der Waals surface area contributed by atoms with Crippen molar-refractivity contribution >= 4 is 11.9 Å². The molecule has 1 saturated carbocycles. The van der Waals surface area contributed by atoms with Gasteiger partial charge in [0, 0.05) is 6.61 Å². The highest BCUT2D eigenvalue weighted by molar-refractivity contribution is 5.82. The molecular formula is C20H27NO5. The van der Waals surface area contributed by atoms with Gasteiger partial charge in [0.05, 0.1) is 18.8 Å². The molecule has 1 saturated heterocycles. The van der Waals surface area contributed by atoms with Crippen molar-refractivity contribution in [1.82, 2.24) is 5.32 Å². The van der Waals surface area contributed by atoms with E-state index < -0.39 is 12.1 Å². The molecule has 6 heteroatoms. The Bertz CT molecular complexity index is 595. The molecule has 1 N–H and O–H groups in total. The predicted octanol–water partition coefficient (Wildman–Crippen LogP) is 2.38. The highest BCUT2D eigenvalue weighted by Crippen LogP contribution is 2.40. The fourth-order valence-electron chi connectivity index (χ4n) is 3.13.